The highest BCUT2D eigenvalue weighted by molar-refractivity contribution is 6.04. The molecule has 19 heavy (non-hydrogen) atoms. The lowest BCUT2D eigenvalue weighted by Gasteiger charge is -2.03. The van der Waals surface area contributed by atoms with Gasteiger partial charge < -0.3 is 10.3 Å². The number of hydrogen-bond acceptors (Lipinski definition) is 1. The number of benzene rings is 1. The number of unbranched alkanes of at least 4 members (excludes halogenated alkanes) is 1. The highest BCUT2D eigenvalue weighted by Crippen LogP contribution is 2.10. The summed E-state index contributed by atoms with van der Waals surface area (Å²) in [7, 11) is 0. The molecule has 2 aromatic rings. The van der Waals surface area contributed by atoms with Crippen LogP contribution in [0.5, 0.6) is 0 Å². The molecule has 0 atom stereocenters. The standard InChI is InChI=1S/C16H18N2O/c1-2-3-4-5-13-6-8-14(9-7-13)16(19)18-15-10-11-17-12-15/h4-12,17H,2-3H2,1H3,(H,18,19)/b5-4+. The van der Waals surface area contributed by atoms with Gasteiger partial charge in [0.05, 0.1) is 5.69 Å². The summed E-state index contributed by atoms with van der Waals surface area (Å²) in [5.74, 6) is -0.0938. The fourth-order valence-corrected chi connectivity index (χ4v) is 1.74. The quantitative estimate of drug-likeness (QED) is 0.829. The third-order valence-corrected chi connectivity index (χ3v) is 2.79. The first-order chi connectivity index (χ1) is 9.29. The first kappa shape index (κ1) is 13.1. The maximum atomic E-state index is 11.9. The Kier molecular flexibility index (Phi) is 4.56. The Morgan fingerprint density at radius 1 is 1.26 bits per heavy atom. The largest absolute Gasteiger partial charge is 0.366 e. The van der Waals surface area contributed by atoms with Crippen molar-refractivity contribution in [3.8, 4) is 0 Å². The summed E-state index contributed by atoms with van der Waals surface area (Å²) >= 11 is 0. The van der Waals surface area contributed by atoms with Crippen molar-refractivity contribution in [3.05, 3.63) is 59.9 Å². The molecule has 3 heteroatoms. The SMILES string of the molecule is CCC/C=C/c1ccc(C(=O)Nc2cc[nH]c2)cc1. The van der Waals surface area contributed by atoms with E-state index in [9.17, 15) is 4.79 Å². The van der Waals surface area contributed by atoms with Crippen molar-refractivity contribution in [1.29, 1.82) is 0 Å². The van der Waals surface area contributed by atoms with E-state index in [1.807, 2.05) is 30.3 Å². The molecule has 0 radical (unpaired) electrons. The molecular formula is C16H18N2O. The van der Waals surface area contributed by atoms with E-state index in [2.05, 4.69) is 29.4 Å². The average Bonchev–Trinajstić information content (AvgIpc) is 2.93. The van der Waals surface area contributed by atoms with Gasteiger partial charge in [-0.15, -0.1) is 0 Å². The minimum atomic E-state index is -0.0938. The molecule has 1 aromatic carbocycles. The molecule has 0 spiro atoms. The summed E-state index contributed by atoms with van der Waals surface area (Å²) in [5, 5.41) is 2.82. The third-order valence-electron chi connectivity index (χ3n) is 2.79. The van der Waals surface area contributed by atoms with Crippen molar-refractivity contribution in [2.75, 3.05) is 5.32 Å². The van der Waals surface area contributed by atoms with Gasteiger partial charge in [-0.1, -0.05) is 37.6 Å². The zero-order valence-electron chi connectivity index (χ0n) is 11.0. The lowest BCUT2D eigenvalue weighted by molar-refractivity contribution is 0.102. The van der Waals surface area contributed by atoms with Crippen LogP contribution in [0.4, 0.5) is 5.69 Å². The van der Waals surface area contributed by atoms with Crippen LogP contribution in [0.2, 0.25) is 0 Å². The number of carbonyl (C=O) groups is 1. The van der Waals surface area contributed by atoms with Crippen LogP contribution in [0.3, 0.4) is 0 Å². The van der Waals surface area contributed by atoms with E-state index < -0.39 is 0 Å². The number of rotatable bonds is 5. The first-order valence-electron chi connectivity index (χ1n) is 6.50. The van der Waals surface area contributed by atoms with E-state index in [0.717, 1.165) is 24.1 Å². The summed E-state index contributed by atoms with van der Waals surface area (Å²) in [5.41, 5.74) is 2.55. The first-order valence-corrected chi connectivity index (χ1v) is 6.50. The number of carbonyl (C=O) groups excluding carboxylic acids is 1. The number of nitrogens with one attached hydrogen (secondary N) is 2. The number of anilines is 1. The minimum absolute atomic E-state index is 0.0938. The van der Waals surface area contributed by atoms with Gasteiger partial charge in [-0.3, -0.25) is 4.79 Å². The van der Waals surface area contributed by atoms with Gasteiger partial charge in [-0.05, 0) is 30.2 Å². The number of aromatic amines is 1. The predicted octanol–water partition coefficient (Wildman–Crippen LogP) is 4.08. The van der Waals surface area contributed by atoms with E-state index >= 15 is 0 Å². The van der Waals surface area contributed by atoms with E-state index in [0.29, 0.717) is 5.56 Å². The normalized spacial score (nSPS) is 10.8. The van der Waals surface area contributed by atoms with Crippen LogP contribution in [0.15, 0.2) is 48.8 Å². The Morgan fingerprint density at radius 2 is 2.05 bits per heavy atom. The van der Waals surface area contributed by atoms with Crippen molar-refractivity contribution in [2.24, 2.45) is 0 Å². The lowest BCUT2D eigenvalue weighted by Crippen LogP contribution is -2.10. The van der Waals surface area contributed by atoms with Gasteiger partial charge in [-0.2, -0.15) is 0 Å². The highest BCUT2D eigenvalue weighted by atomic mass is 16.1. The van der Waals surface area contributed by atoms with E-state index in [-0.39, 0.29) is 5.91 Å². The van der Waals surface area contributed by atoms with Gasteiger partial charge in [0.1, 0.15) is 0 Å². The summed E-state index contributed by atoms with van der Waals surface area (Å²) in [6.07, 6.45) is 9.98. The molecule has 3 nitrogen and oxygen atoms in total. The molecular weight excluding hydrogens is 236 g/mol. The molecule has 2 rings (SSSR count). The fourth-order valence-electron chi connectivity index (χ4n) is 1.74. The monoisotopic (exact) mass is 254 g/mol. The van der Waals surface area contributed by atoms with Crippen LogP contribution in [0, 0.1) is 0 Å². The van der Waals surface area contributed by atoms with E-state index in [1.165, 1.54) is 0 Å². The maximum absolute atomic E-state index is 11.9. The number of amides is 1. The molecule has 0 fully saturated rings. The zero-order chi connectivity index (χ0) is 13.5. The molecule has 0 saturated carbocycles. The van der Waals surface area contributed by atoms with E-state index in [1.54, 1.807) is 12.4 Å². The average molecular weight is 254 g/mol. The Balaban J connectivity index is 1.99. The molecule has 1 heterocycles. The van der Waals surface area contributed by atoms with Crippen molar-refractivity contribution >= 4 is 17.7 Å². The van der Waals surface area contributed by atoms with Gasteiger partial charge >= 0.3 is 0 Å². The molecule has 1 aromatic heterocycles. The summed E-state index contributed by atoms with van der Waals surface area (Å²) in [4.78, 5) is 14.8. The minimum Gasteiger partial charge on any atom is -0.366 e. The molecule has 0 bridgehead atoms. The number of allylic oxidation sites excluding steroid dienone is 1. The molecule has 1 amide bonds. The summed E-state index contributed by atoms with van der Waals surface area (Å²) < 4.78 is 0. The topological polar surface area (TPSA) is 44.9 Å². The number of aromatic nitrogens is 1. The Labute approximate surface area is 113 Å². The van der Waals surface area contributed by atoms with Gasteiger partial charge in [0.2, 0.25) is 0 Å². The van der Waals surface area contributed by atoms with Gasteiger partial charge in [0.15, 0.2) is 0 Å². The van der Waals surface area contributed by atoms with Crippen molar-refractivity contribution < 1.29 is 4.79 Å². The lowest BCUT2D eigenvalue weighted by atomic mass is 10.1. The third kappa shape index (κ3) is 3.85. The van der Waals surface area contributed by atoms with Crippen LogP contribution in [-0.2, 0) is 0 Å². The van der Waals surface area contributed by atoms with Crippen LogP contribution < -0.4 is 5.32 Å². The smallest absolute Gasteiger partial charge is 0.255 e. The second-order valence-electron chi connectivity index (χ2n) is 4.37. The Morgan fingerprint density at radius 3 is 2.68 bits per heavy atom. The molecule has 0 saturated heterocycles. The van der Waals surface area contributed by atoms with Crippen molar-refractivity contribution in [2.45, 2.75) is 19.8 Å². The van der Waals surface area contributed by atoms with Gasteiger partial charge in [0.25, 0.3) is 5.91 Å². The second kappa shape index (κ2) is 6.59. The highest BCUT2D eigenvalue weighted by Gasteiger charge is 2.05. The van der Waals surface area contributed by atoms with Crippen molar-refractivity contribution in [3.63, 3.8) is 0 Å². The predicted molar refractivity (Wildman–Crippen MR) is 79.1 cm³/mol. The molecule has 0 aliphatic carbocycles. The molecule has 0 unspecified atom stereocenters. The molecule has 0 aliphatic heterocycles. The van der Waals surface area contributed by atoms with Crippen molar-refractivity contribution in [1.82, 2.24) is 4.98 Å². The number of hydrogen-bond donors (Lipinski definition) is 2. The Hall–Kier alpha value is -2.29. The van der Waals surface area contributed by atoms with Crippen LogP contribution in [0.1, 0.15) is 35.7 Å². The second-order valence-corrected chi connectivity index (χ2v) is 4.37. The van der Waals surface area contributed by atoms with Crippen LogP contribution in [-0.4, -0.2) is 10.9 Å². The summed E-state index contributed by atoms with van der Waals surface area (Å²) in [6.45, 7) is 2.15. The maximum Gasteiger partial charge on any atom is 0.255 e. The van der Waals surface area contributed by atoms with Crippen LogP contribution in [0.25, 0.3) is 6.08 Å². The van der Waals surface area contributed by atoms with Gasteiger partial charge in [-0.25, -0.2) is 0 Å². The number of H-pyrrole nitrogens is 1. The van der Waals surface area contributed by atoms with Gasteiger partial charge in [0, 0.05) is 18.0 Å². The fraction of sp³-hybridized carbons (Fsp3) is 0.188. The molecule has 2 N–H and O–H groups in total. The zero-order valence-corrected chi connectivity index (χ0v) is 11.0. The summed E-state index contributed by atoms with van der Waals surface area (Å²) in [6, 6.07) is 9.41. The molecule has 0 aliphatic rings. The molecule has 98 valence electrons. The van der Waals surface area contributed by atoms with Crippen LogP contribution >= 0.6 is 0 Å². The van der Waals surface area contributed by atoms with E-state index in [4.69, 9.17) is 0 Å². The Bertz CT molecular complexity index is 539.